The van der Waals surface area contributed by atoms with E-state index in [1.54, 1.807) is 0 Å². The summed E-state index contributed by atoms with van der Waals surface area (Å²) in [6.07, 6.45) is 6.44. The number of nitrogens with one attached hydrogen (secondary N) is 1. The average molecular weight is 262 g/mol. The van der Waals surface area contributed by atoms with Gasteiger partial charge in [-0.05, 0) is 25.0 Å². The van der Waals surface area contributed by atoms with Crippen molar-refractivity contribution in [3.05, 3.63) is 23.9 Å². The first-order valence-corrected chi connectivity index (χ1v) is 6.52. The molecular weight excluding hydrogens is 244 g/mol. The number of pyridine rings is 1. The number of hydrogen-bond donors (Lipinski definition) is 2. The highest BCUT2D eigenvalue weighted by Crippen LogP contribution is 2.36. The van der Waals surface area contributed by atoms with Gasteiger partial charge in [0.05, 0.1) is 5.56 Å². The van der Waals surface area contributed by atoms with Gasteiger partial charge >= 0.3 is 5.97 Å². The Morgan fingerprint density at radius 3 is 2.63 bits per heavy atom. The Kier molecular flexibility index (Phi) is 3.83. The fraction of sp³-hybridized carbons (Fsp3) is 0.500. The second-order valence-electron chi connectivity index (χ2n) is 5.31. The van der Waals surface area contributed by atoms with Gasteiger partial charge in [0.1, 0.15) is 5.82 Å². The first-order valence-electron chi connectivity index (χ1n) is 6.52. The monoisotopic (exact) mass is 262 g/mol. The molecule has 0 unspecified atom stereocenters. The normalized spacial score (nSPS) is 17.7. The molecule has 1 heterocycles. The van der Waals surface area contributed by atoms with Gasteiger partial charge in [-0.3, -0.25) is 4.79 Å². The van der Waals surface area contributed by atoms with Crippen molar-refractivity contribution in [3.63, 3.8) is 0 Å². The van der Waals surface area contributed by atoms with Gasteiger partial charge in [-0.15, -0.1) is 0 Å². The van der Waals surface area contributed by atoms with Crippen molar-refractivity contribution in [2.45, 2.75) is 39.0 Å². The van der Waals surface area contributed by atoms with E-state index >= 15 is 0 Å². The van der Waals surface area contributed by atoms with Gasteiger partial charge in [0.25, 0.3) is 0 Å². The molecule has 5 nitrogen and oxygen atoms in total. The molecule has 0 aromatic carbocycles. The highest BCUT2D eigenvalue weighted by Gasteiger charge is 2.34. The average Bonchev–Trinajstić information content (AvgIpc) is 2.40. The number of nitrogens with zero attached hydrogens (tertiary/aromatic N) is 1. The molecule has 1 aliphatic carbocycles. The van der Waals surface area contributed by atoms with E-state index < -0.39 is 5.97 Å². The van der Waals surface area contributed by atoms with Crippen LogP contribution in [0.2, 0.25) is 0 Å². The van der Waals surface area contributed by atoms with Crippen LogP contribution in [0.15, 0.2) is 18.3 Å². The standard InChI is InChI=1S/C14H18N2O3/c1-14(6-3-2-4-7-14)13(19)16-11-9-10(12(17)18)5-8-15-11/h5,8-9H,2-4,6-7H2,1H3,(H,17,18)(H,15,16,19). The number of aromatic nitrogens is 1. The zero-order valence-electron chi connectivity index (χ0n) is 11.0. The summed E-state index contributed by atoms with van der Waals surface area (Å²) in [5, 5.41) is 11.6. The molecule has 1 saturated carbocycles. The van der Waals surface area contributed by atoms with Gasteiger partial charge in [-0.1, -0.05) is 26.2 Å². The van der Waals surface area contributed by atoms with Gasteiger partial charge in [-0.25, -0.2) is 9.78 Å². The van der Waals surface area contributed by atoms with Gasteiger partial charge in [0.15, 0.2) is 0 Å². The predicted molar refractivity (Wildman–Crippen MR) is 71.0 cm³/mol. The lowest BCUT2D eigenvalue weighted by Crippen LogP contribution is -2.35. The summed E-state index contributed by atoms with van der Waals surface area (Å²) in [5.74, 6) is -0.791. The maximum Gasteiger partial charge on any atom is 0.335 e. The number of carbonyl (C=O) groups is 2. The smallest absolute Gasteiger partial charge is 0.335 e. The molecule has 1 aromatic rings. The van der Waals surface area contributed by atoms with Crippen molar-refractivity contribution in [3.8, 4) is 0 Å². The molecule has 1 aromatic heterocycles. The van der Waals surface area contributed by atoms with Gasteiger partial charge in [0.2, 0.25) is 5.91 Å². The lowest BCUT2D eigenvalue weighted by Gasteiger charge is -2.31. The van der Waals surface area contributed by atoms with E-state index in [0.717, 1.165) is 25.7 Å². The maximum atomic E-state index is 12.3. The molecule has 1 aliphatic rings. The van der Waals surface area contributed by atoms with E-state index in [1.807, 2.05) is 6.92 Å². The van der Waals surface area contributed by atoms with E-state index in [9.17, 15) is 9.59 Å². The Morgan fingerprint density at radius 2 is 2.00 bits per heavy atom. The SMILES string of the molecule is CC1(C(=O)Nc2cc(C(=O)O)ccn2)CCCCC1. The molecule has 102 valence electrons. The van der Waals surface area contributed by atoms with E-state index in [-0.39, 0.29) is 16.9 Å². The lowest BCUT2D eigenvalue weighted by molar-refractivity contribution is -0.126. The number of anilines is 1. The summed E-state index contributed by atoms with van der Waals surface area (Å²) >= 11 is 0. The van der Waals surface area contributed by atoms with E-state index in [2.05, 4.69) is 10.3 Å². The molecule has 0 aliphatic heterocycles. The number of rotatable bonds is 3. The van der Waals surface area contributed by atoms with Crippen molar-refractivity contribution < 1.29 is 14.7 Å². The van der Waals surface area contributed by atoms with Crippen LogP contribution in [0.3, 0.4) is 0 Å². The second kappa shape index (κ2) is 5.38. The molecule has 0 bridgehead atoms. The molecule has 1 fully saturated rings. The Labute approximate surface area is 112 Å². The number of aromatic carboxylic acids is 1. The van der Waals surface area contributed by atoms with Crippen LogP contribution in [0.25, 0.3) is 0 Å². The van der Waals surface area contributed by atoms with E-state index in [4.69, 9.17) is 5.11 Å². The molecule has 2 rings (SSSR count). The number of carboxylic acid groups (broad SMARTS) is 1. The minimum absolute atomic E-state index is 0.0674. The third kappa shape index (κ3) is 3.10. The molecule has 0 atom stereocenters. The zero-order valence-corrected chi connectivity index (χ0v) is 11.0. The quantitative estimate of drug-likeness (QED) is 0.877. The van der Waals surface area contributed by atoms with Crippen molar-refractivity contribution in [1.29, 1.82) is 0 Å². The third-order valence-corrected chi connectivity index (χ3v) is 3.75. The summed E-state index contributed by atoms with van der Waals surface area (Å²) in [7, 11) is 0. The highest BCUT2D eigenvalue weighted by molar-refractivity contribution is 5.95. The van der Waals surface area contributed by atoms with Crippen LogP contribution in [-0.4, -0.2) is 22.0 Å². The van der Waals surface area contributed by atoms with Crippen molar-refractivity contribution in [2.75, 3.05) is 5.32 Å². The van der Waals surface area contributed by atoms with Crippen molar-refractivity contribution >= 4 is 17.7 Å². The zero-order chi connectivity index (χ0) is 13.9. The first kappa shape index (κ1) is 13.5. The maximum absolute atomic E-state index is 12.3. The van der Waals surface area contributed by atoms with Crippen LogP contribution >= 0.6 is 0 Å². The molecule has 0 saturated heterocycles. The van der Waals surface area contributed by atoms with Crippen LogP contribution in [0.4, 0.5) is 5.82 Å². The lowest BCUT2D eigenvalue weighted by atomic mass is 9.75. The molecule has 0 spiro atoms. The number of carboxylic acids is 1. The number of carbonyl (C=O) groups excluding carboxylic acids is 1. The van der Waals surface area contributed by atoms with Crippen LogP contribution in [-0.2, 0) is 4.79 Å². The Bertz CT molecular complexity index is 493. The highest BCUT2D eigenvalue weighted by atomic mass is 16.4. The van der Waals surface area contributed by atoms with Crippen LogP contribution < -0.4 is 5.32 Å². The predicted octanol–water partition coefficient (Wildman–Crippen LogP) is 2.69. The third-order valence-electron chi connectivity index (χ3n) is 3.75. The molecule has 1 amide bonds. The van der Waals surface area contributed by atoms with Crippen LogP contribution in [0.5, 0.6) is 0 Å². The summed E-state index contributed by atoms with van der Waals surface area (Å²) in [6.45, 7) is 1.96. The molecule has 0 radical (unpaired) electrons. The molecule has 19 heavy (non-hydrogen) atoms. The van der Waals surface area contributed by atoms with Crippen LogP contribution in [0.1, 0.15) is 49.4 Å². The minimum Gasteiger partial charge on any atom is -0.478 e. The largest absolute Gasteiger partial charge is 0.478 e. The number of amides is 1. The fourth-order valence-corrected chi connectivity index (χ4v) is 2.46. The van der Waals surface area contributed by atoms with E-state index in [1.165, 1.54) is 24.8 Å². The van der Waals surface area contributed by atoms with Crippen LogP contribution in [0, 0.1) is 5.41 Å². The molecule has 5 heteroatoms. The van der Waals surface area contributed by atoms with E-state index in [0.29, 0.717) is 5.82 Å². The Morgan fingerprint density at radius 1 is 1.32 bits per heavy atom. The second-order valence-corrected chi connectivity index (χ2v) is 5.31. The summed E-state index contributed by atoms with van der Waals surface area (Å²) in [6, 6.07) is 2.78. The summed E-state index contributed by atoms with van der Waals surface area (Å²) in [4.78, 5) is 27.1. The van der Waals surface area contributed by atoms with Gasteiger partial charge < -0.3 is 10.4 Å². The summed E-state index contributed by atoms with van der Waals surface area (Å²) in [5.41, 5.74) is -0.238. The first-order chi connectivity index (χ1) is 9.01. The van der Waals surface area contributed by atoms with Gasteiger partial charge in [0, 0.05) is 11.6 Å². The Balaban J connectivity index is 2.10. The molecule has 2 N–H and O–H groups in total. The fourth-order valence-electron chi connectivity index (χ4n) is 2.46. The van der Waals surface area contributed by atoms with Crippen molar-refractivity contribution in [2.24, 2.45) is 5.41 Å². The number of hydrogen-bond acceptors (Lipinski definition) is 3. The summed E-state index contributed by atoms with van der Waals surface area (Å²) < 4.78 is 0. The van der Waals surface area contributed by atoms with Crippen molar-refractivity contribution in [1.82, 2.24) is 4.98 Å². The molecular formula is C14H18N2O3. The van der Waals surface area contributed by atoms with Gasteiger partial charge in [-0.2, -0.15) is 0 Å². The Hall–Kier alpha value is -1.91. The topological polar surface area (TPSA) is 79.3 Å². The minimum atomic E-state index is -1.03.